The third kappa shape index (κ3) is 2.75. The van der Waals surface area contributed by atoms with E-state index in [9.17, 15) is 4.79 Å². The molecule has 4 heteroatoms. The summed E-state index contributed by atoms with van der Waals surface area (Å²) in [4.78, 5) is 17.5. The van der Waals surface area contributed by atoms with Crippen molar-refractivity contribution >= 4 is 33.4 Å². The minimum absolute atomic E-state index is 0.0669. The van der Waals surface area contributed by atoms with Gasteiger partial charge in [-0.15, -0.1) is 0 Å². The average Bonchev–Trinajstić information content (AvgIpc) is 2.54. The molecule has 0 atom stereocenters. The highest BCUT2D eigenvalue weighted by molar-refractivity contribution is 7.99. The lowest BCUT2D eigenvalue weighted by molar-refractivity contribution is 0.634. The van der Waals surface area contributed by atoms with Crippen LogP contribution in [0.1, 0.15) is 26.7 Å². The van der Waals surface area contributed by atoms with Crippen LogP contribution in [0, 0.1) is 0 Å². The van der Waals surface area contributed by atoms with Crippen molar-refractivity contribution in [1.82, 2.24) is 9.55 Å². The third-order valence-electron chi connectivity index (χ3n) is 3.83. The Kier molecular flexibility index (Phi) is 4.48. The van der Waals surface area contributed by atoms with Gasteiger partial charge in [0.25, 0.3) is 5.56 Å². The second-order valence-corrected chi connectivity index (χ2v) is 6.42. The van der Waals surface area contributed by atoms with Gasteiger partial charge in [0, 0.05) is 12.3 Å². The summed E-state index contributed by atoms with van der Waals surface area (Å²) in [5.41, 5.74) is 0.865. The Morgan fingerprint density at radius 2 is 1.86 bits per heavy atom. The van der Waals surface area contributed by atoms with Gasteiger partial charge in [0.2, 0.25) is 0 Å². The van der Waals surface area contributed by atoms with Crippen LogP contribution in [0.3, 0.4) is 0 Å². The van der Waals surface area contributed by atoms with Crippen molar-refractivity contribution in [3.63, 3.8) is 0 Å². The fraction of sp³-hybridized carbons (Fsp3) is 0.333. The summed E-state index contributed by atoms with van der Waals surface area (Å²) in [5.74, 6) is 1.00. The normalized spacial score (nSPS) is 11.4. The highest BCUT2D eigenvalue weighted by Crippen LogP contribution is 2.23. The quantitative estimate of drug-likeness (QED) is 0.302. The standard InChI is InChI=1S/C18H20N2OS/c1-3-5-10-22-18-19-16-12-14-9-7-6-8-13(14)11-15(16)17(21)20(18)4-2/h6-9,11-12H,3-5,10H2,1-2H3. The average molecular weight is 312 g/mol. The van der Waals surface area contributed by atoms with E-state index in [0.29, 0.717) is 11.9 Å². The van der Waals surface area contributed by atoms with Crippen molar-refractivity contribution < 1.29 is 0 Å². The van der Waals surface area contributed by atoms with E-state index in [1.54, 1.807) is 16.3 Å². The van der Waals surface area contributed by atoms with E-state index in [0.717, 1.165) is 40.0 Å². The molecule has 22 heavy (non-hydrogen) atoms. The lowest BCUT2D eigenvalue weighted by atomic mass is 10.1. The largest absolute Gasteiger partial charge is 0.287 e. The number of unbranched alkanes of at least 4 members (excludes halogenated alkanes) is 1. The second kappa shape index (κ2) is 6.53. The number of aromatic nitrogens is 2. The maximum Gasteiger partial charge on any atom is 0.262 e. The lowest BCUT2D eigenvalue weighted by Crippen LogP contribution is -2.22. The maximum atomic E-state index is 12.8. The fourth-order valence-electron chi connectivity index (χ4n) is 2.58. The van der Waals surface area contributed by atoms with Gasteiger partial charge in [0.1, 0.15) is 0 Å². The van der Waals surface area contributed by atoms with E-state index in [4.69, 9.17) is 4.98 Å². The zero-order valence-corrected chi connectivity index (χ0v) is 13.8. The molecule has 114 valence electrons. The van der Waals surface area contributed by atoms with Gasteiger partial charge in [-0.2, -0.15) is 0 Å². The summed E-state index contributed by atoms with van der Waals surface area (Å²) in [6, 6.07) is 12.1. The van der Waals surface area contributed by atoms with Crippen molar-refractivity contribution in [2.75, 3.05) is 5.75 Å². The van der Waals surface area contributed by atoms with Crippen LogP contribution in [0.15, 0.2) is 46.3 Å². The molecule has 0 aliphatic rings. The Hall–Kier alpha value is -1.81. The van der Waals surface area contributed by atoms with Gasteiger partial charge in [-0.3, -0.25) is 9.36 Å². The summed E-state index contributed by atoms with van der Waals surface area (Å²) >= 11 is 1.68. The highest BCUT2D eigenvalue weighted by Gasteiger charge is 2.11. The van der Waals surface area contributed by atoms with Gasteiger partial charge in [-0.1, -0.05) is 49.4 Å². The molecule has 0 aliphatic heterocycles. The van der Waals surface area contributed by atoms with Crippen LogP contribution in [0.4, 0.5) is 0 Å². The molecule has 0 aliphatic carbocycles. The van der Waals surface area contributed by atoms with Gasteiger partial charge in [-0.05, 0) is 36.2 Å². The van der Waals surface area contributed by atoms with Crippen LogP contribution < -0.4 is 5.56 Å². The van der Waals surface area contributed by atoms with Crippen LogP contribution in [-0.2, 0) is 6.54 Å². The molecule has 2 aromatic carbocycles. The molecule has 0 fully saturated rings. The van der Waals surface area contributed by atoms with Crippen LogP contribution in [-0.4, -0.2) is 15.3 Å². The van der Waals surface area contributed by atoms with Crippen molar-refractivity contribution in [1.29, 1.82) is 0 Å². The molecule has 0 amide bonds. The maximum absolute atomic E-state index is 12.8. The zero-order valence-electron chi connectivity index (χ0n) is 13.0. The molecule has 0 spiro atoms. The van der Waals surface area contributed by atoms with Gasteiger partial charge in [0.05, 0.1) is 10.9 Å². The van der Waals surface area contributed by atoms with E-state index in [2.05, 4.69) is 13.0 Å². The van der Waals surface area contributed by atoms with E-state index >= 15 is 0 Å². The van der Waals surface area contributed by atoms with E-state index in [1.807, 2.05) is 37.3 Å². The molecule has 0 unspecified atom stereocenters. The monoisotopic (exact) mass is 312 g/mol. The van der Waals surface area contributed by atoms with Crippen molar-refractivity contribution in [3.05, 3.63) is 46.8 Å². The summed E-state index contributed by atoms with van der Waals surface area (Å²) in [5, 5.41) is 3.76. The lowest BCUT2D eigenvalue weighted by Gasteiger charge is -2.11. The summed E-state index contributed by atoms with van der Waals surface area (Å²) in [6.45, 7) is 4.83. The van der Waals surface area contributed by atoms with Crippen molar-refractivity contribution in [2.24, 2.45) is 0 Å². The molecule has 0 bridgehead atoms. The molecule has 1 heterocycles. The Labute approximate surface area is 134 Å². The molecule has 0 saturated heterocycles. The molecule has 3 aromatic rings. The number of hydrogen-bond acceptors (Lipinski definition) is 3. The molecular weight excluding hydrogens is 292 g/mol. The summed E-state index contributed by atoms with van der Waals surface area (Å²) < 4.78 is 1.79. The summed E-state index contributed by atoms with van der Waals surface area (Å²) in [7, 11) is 0. The van der Waals surface area contributed by atoms with Crippen molar-refractivity contribution in [3.8, 4) is 0 Å². The van der Waals surface area contributed by atoms with Crippen molar-refractivity contribution in [2.45, 2.75) is 38.4 Å². The Bertz CT molecular complexity index is 870. The number of hydrogen-bond donors (Lipinski definition) is 0. The predicted molar refractivity (Wildman–Crippen MR) is 94.8 cm³/mol. The predicted octanol–water partition coefficient (Wildman–Crippen LogP) is 4.46. The minimum Gasteiger partial charge on any atom is -0.287 e. The Balaban J connectivity index is 2.20. The molecule has 3 nitrogen and oxygen atoms in total. The van der Waals surface area contributed by atoms with E-state index in [1.165, 1.54) is 0 Å². The molecule has 0 saturated carbocycles. The number of thioether (sulfide) groups is 1. The number of rotatable bonds is 5. The zero-order chi connectivity index (χ0) is 15.5. The molecular formula is C18H20N2OS. The Morgan fingerprint density at radius 3 is 2.55 bits per heavy atom. The number of fused-ring (bicyclic) bond motifs is 2. The highest BCUT2D eigenvalue weighted by atomic mass is 32.2. The Morgan fingerprint density at radius 1 is 1.14 bits per heavy atom. The number of nitrogens with zero attached hydrogens (tertiary/aromatic N) is 2. The first kappa shape index (κ1) is 15.1. The van der Waals surface area contributed by atoms with E-state index in [-0.39, 0.29) is 5.56 Å². The van der Waals surface area contributed by atoms with Crippen LogP contribution in [0.2, 0.25) is 0 Å². The van der Waals surface area contributed by atoms with Gasteiger partial charge >= 0.3 is 0 Å². The fourth-order valence-corrected chi connectivity index (χ4v) is 3.73. The molecule has 0 N–H and O–H groups in total. The first-order valence-electron chi connectivity index (χ1n) is 7.80. The van der Waals surface area contributed by atoms with Crippen LogP contribution in [0.5, 0.6) is 0 Å². The molecule has 3 rings (SSSR count). The van der Waals surface area contributed by atoms with Gasteiger partial charge in [0.15, 0.2) is 5.16 Å². The van der Waals surface area contributed by atoms with Crippen LogP contribution >= 0.6 is 11.8 Å². The number of benzene rings is 2. The summed E-state index contributed by atoms with van der Waals surface area (Å²) in [6.07, 6.45) is 2.29. The van der Waals surface area contributed by atoms with Gasteiger partial charge in [-0.25, -0.2) is 4.98 Å². The third-order valence-corrected chi connectivity index (χ3v) is 4.89. The smallest absolute Gasteiger partial charge is 0.262 e. The molecule has 1 aromatic heterocycles. The second-order valence-electron chi connectivity index (χ2n) is 5.36. The topological polar surface area (TPSA) is 34.9 Å². The van der Waals surface area contributed by atoms with Gasteiger partial charge < -0.3 is 0 Å². The molecule has 0 radical (unpaired) electrons. The first-order valence-corrected chi connectivity index (χ1v) is 8.79. The first-order chi connectivity index (χ1) is 10.7. The van der Waals surface area contributed by atoms with E-state index < -0.39 is 0 Å². The SMILES string of the molecule is CCCCSc1nc2cc3ccccc3cc2c(=O)n1CC. The van der Waals surface area contributed by atoms with Crippen LogP contribution in [0.25, 0.3) is 21.7 Å². The minimum atomic E-state index is 0.0669.